The standard InChI is InChI=1S/C13H15FO3/c1-8(2)10(7-13(15)16)9-4-5-12(17-3)11(14)6-9/h4-8H,1-3H3,(H,15,16)/b10-7+. The number of carboxylic acids is 1. The molecule has 0 aliphatic heterocycles. The number of allylic oxidation sites excluding steroid dienone is 1. The molecule has 0 spiro atoms. The maximum atomic E-state index is 13.5. The van der Waals surface area contributed by atoms with Crippen LogP contribution in [-0.4, -0.2) is 18.2 Å². The summed E-state index contributed by atoms with van der Waals surface area (Å²) in [6, 6.07) is 4.42. The van der Waals surface area contributed by atoms with E-state index in [1.54, 1.807) is 6.07 Å². The minimum absolute atomic E-state index is 0.00102. The van der Waals surface area contributed by atoms with E-state index in [1.165, 1.54) is 19.2 Å². The molecular weight excluding hydrogens is 223 g/mol. The van der Waals surface area contributed by atoms with Crippen LogP contribution in [0.3, 0.4) is 0 Å². The predicted octanol–water partition coefficient (Wildman–Crippen LogP) is 2.96. The third-order valence-electron chi connectivity index (χ3n) is 2.39. The quantitative estimate of drug-likeness (QED) is 0.820. The Labute approximate surface area is 99.5 Å². The number of benzene rings is 1. The molecule has 0 amide bonds. The van der Waals surface area contributed by atoms with Crippen LogP contribution in [0.1, 0.15) is 19.4 Å². The molecule has 4 heteroatoms. The van der Waals surface area contributed by atoms with E-state index in [-0.39, 0.29) is 11.7 Å². The second-order valence-corrected chi connectivity index (χ2v) is 3.94. The fraction of sp³-hybridized carbons (Fsp3) is 0.308. The first-order chi connectivity index (χ1) is 7.95. The van der Waals surface area contributed by atoms with Crippen molar-refractivity contribution < 1.29 is 19.0 Å². The van der Waals surface area contributed by atoms with Crippen molar-refractivity contribution in [2.75, 3.05) is 7.11 Å². The van der Waals surface area contributed by atoms with E-state index in [0.29, 0.717) is 11.1 Å². The first-order valence-electron chi connectivity index (χ1n) is 5.24. The van der Waals surface area contributed by atoms with Gasteiger partial charge in [0.05, 0.1) is 7.11 Å². The summed E-state index contributed by atoms with van der Waals surface area (Å²) in [5.41, 5.74) is 1.14. The minimum Gasteiger partial charge on any atom is -0.494 e. The van der Waals surface area contributed by atoms with Crippen LogP contribution in [0.4, 0.5) is 4.39 Å². The highest BCUT2D eigenvalue weighted by atomic mass is 19.1. The van der Waals surface area contributed by atoms with Gasteiger partial charge in [0, 0.05) is 6.08 Å². The molecule has 0 aromatic heterocycles. The zero-order valence-electron chi connectivity index (χ0n) is 10.0. The molecule has 0 bridgehead atoms. The zero-order chi connectivity index (χ0) is 13.0. The fourth-order valence-corrected chi connectivity index (χ4v) is 1.56. The van der Waals surface area contributed by atoms with Gasteiger partial charge in [-0.1, -0.05) is 19.9 Å². The summed E-state index contributed by atoms with van der Waals surface area (Å²) >= 11 is 0. The molecule has 0 atom stereocenters. The number of halogens is 1. The van der Waals surface area contributed by atoms with Gasteiger partial charge in [0.25, 0.3) is 0 Å². The molecule has 1 N–H and O–H groups in total. The maximum absolute atomic E-state index is 13.5. The molecule has 3 nitrogen and oxygen atoms in total. The van der Waals surface area contributed by atoms with Gasteiger partial charge < -0.3 is 9.84 Å². The van der Waals surface area contributed by atoms with Crippen LogP contribution in [0.15, 0.2) is 24.3 Å². The molecule has 0 unspecified atom stereocenters. The van der Waals surface area contributed by atoms with E-state index in [0.717, 1.165) is 6.08 Å². The highest BCUT2D eigenvalue weighted by Gasteiger charge is 2.11. The Balaban J connectivity index is 3.21. The molecule has 0 heterocycles. The number of ether oxygens (including phenoxy) is 1. The second kappa shape index (κ2) is 5.48. The van der Waals surface area contributed by atoms with Crippen LogP contribution >= 0.6 is 0 Å². The van der Waals surface area contributed by atoms with Crippen LogP contribution in [-0.2, 0) is 4.79 Å². The highest BCUT2D eigenvalue weighted by molar-refractivity contribution is 5.90. The van der Waals surface area contributed by atoms with Gasteiger partial charge in [-0.25, -0.2) is 9.18 Å². The first-order valence-corrected chi connectivity index (χ1v) is 5.24. The molecule has 1 rings (SSSR count). The van der Waals surface area contributed by atoms with Crippen LogP contribution in [0, 0.1) is 11.7 Å². The fourth-order valence-electron chi connectivity index (χ4n) is 1.56. The lowest BCUT2D eigenvalue weighted by Gasteiger charge is -2.12. The first kappa shape index (κ1) is 13.2. The Morgan fingerprint density at radius 2 is 2.12 bits per heavy atom. The van der Waals surface area contributed by atoms with Gasteiger partial charge in [-0.05, 0) is 29.2 Å². The van der Waals surface area contributed by atoms with Crippen molar-refractivity contribution in [2.24, 2.45) is 5.92 Å². The summed E-state index contributed by atoms with van der Waals surface area (Å²) in [5, 5.41) is 8.77. The Morgan fingerprint density at radius 3 is 2.53 bits per heavy atom. The maximum Gasteiger partial charge on any atom is 0.328 e. The number of rotatable bonds is 4. The van der Waals surface area contributed by atoms with E-state index >= 15 is 0 Å². The molecular formula is C13H15FO3. The van der Waals surface area contributed by atoms with Gasteiger partial charge in [-0.3, -0.25) is 0 Å². The van der Waals surface area contributed by atoms with Crippen molar-refractivity contribution in [2.45, 2.75) is 13.8 Å². The summed E-state index contributed by atoms with van der Waals surface area (Å²) in [5.74, 6) is -1.39. The van der Waals surface area contributed by atoms with E-state index in [1.807, 2.05) is 13.8 Å². The van der Waals surface area contributed by atoms with E-state index in [2.05, 4.69) is 0 Å². The molecule has 0 radical (unpaired) electrons. The molecule has 92 valence electrons. The van der Waals surface area contributed by atoms with Crippen molar-refractivity contribution in [1.29, 1.82) is 0 Å². The topological polar surface area (TPSA) is 46.5 Å². The zero-order valence-corrected chi connectivity index (χ0v) is 10.0. The van der Waals surface area contributed by atoms with Crippen molar-refractivity contribution in [3.05, 3.63) is 35.7 Å². The van der Waals surface area contributed by atoms with Gasteiger partial charge in [0.1, 0.15) is 0 Å². The normalized spacial score (nSPS) is 11.7. The lowest BCUT2D eigenvalue weighted by atomic mass is 9.95. The smallest absolute Gasteiger partial charge is 0.328 e. The molecule has 0 saturated heterocycles. The number of hydrogen-bond donors (Lipinski definition) is 1. The lowest BCUT2D eigenvalue weighted by Crippen LogP contribution is -2.00. The van der Waals surface area contributed by atoms with Gasteiger partial charge in [-0.15, -0.1) is 0 Å². The molecule has 1 aromatic rings. The third kappa shape index (κ3) is 3.31. The average Bonchev–Trinajstić information content (AvgIpc) is 2.25. The Morgan fingerprint density at radius 1 is 1.47 bits per heavy atom. The minimum atomic E-state index is -1.04. The van der Waals surface area contributed by atoms with Crippen LogP contribution in [0.2, 0.25) is 0 Å². The van der Waals surface area contributed by atoms with Crippen molar-refractivity contribution in [1.82, 2.24) is 0 Å². The van der Waals surface area contributed by atoms with Crippen LogP contribution in [0.25, 0.3) is 5.57 Å². The van der Waals surface area contributed by atoms with Gasteiger partial charge in [-0.2, -0.15) is 0 Å². The van der Waals surface area contributed by atoms with E-state index < -0.39 is 11.8 Å². The number of methoxy groups -OCH3 is 1. The number of carbonyl (C=O) groups is 1. The van der Waals surface area contributed by atoms with E-state index in [4.69, 9.17) is 9.84 Å². The highest BCUT2D eigenvalue weighted by Crippen LogP contribution is 2.27. The summed E-state index contributed by atoms with van der Waals surface area (Å²) < 4.78 is 18.3. The molecule has 0 saturated carbocycles. The van der Waals surface area contributed by atoms with Crippen molar-refractivity contribution in [3.8, 4) is 5.75 Å². The third-order valence-corrected chi connectivity index (χ3v) is 2.39. The van der Waals surface area contributed by atoms with Gasteiger partial charge in [0.15, 0.2) is 11.6 Å². The Bertz CT molecular complexity index is 450. The van der Waals surface area contributed by atoms with Gasteiger partial charge in [0.2, 0.25) is 0 Å². The molecule has 0 fully saturated rings. The summed E-state index contributed by atoms with van der Waals surface area (Å²) in [7, 11) is 1.38. The largest absolute Gasteiger partial charge is 0.494 e. The monoisotopic (exact) mass is 238 g/mol. The van der Waals surface area contributed by atoms with Gasteiger partial charge >= 0.3 is 5.97 Å². The molecule has 0 aliphatic rings. The average molecular weight is 238 g/mol. The predicted molar refractivity (Wildman–Crippen MR) is 63.4 cm³/mol. The van der Waals surface area contributed by atoms with Crippen LogP contribution in [0.5, 0.6) is 5.75 Å². The second-order valence-electron chi connectivity index (χ2n) is 3.94. The number of carboxylic acid groups (broad SMARTS) is 1. The lowest BCUT2D eigenvalue weighted by molar-refractivity contribution is -0.131. The molecule has 17 heavy (non-hydrogen) atoms. The van der Waals surface area contributed by atoms with Crippen molar-refractivity contribution >= 4 is 11.5 Å². The van der Waals surface area contributed by atoms with Crippen molar-refractivity contribution in [3.63, 3.8) is 0 Å². The molecule has 0 aliphatic carbocycles. The Kier molecular flexibility index (Phi) is 4.26. The Hall–Kier alpha value is -1.84. The molecule has 1 aromatic carbocycles. The number of hydrogen-bond acceptors (Lipinski definition) is 2. The van der Waals surface area contributed by atoms with Crippen LogP contribution < -0.4 is 4.74 Å². The summed E-state index contributed by atoms with van der Waals surface area (Å²) in [6.07, 6.45) is 1.10. The van der Waals surface area contributed by atoms with E-state index in [9.17, 15) is 9.18 Å². The summed E-state index contributed by atoms with van der Waals surface area (Å²) in [6.45, 7) is 3.72. The SMILES string of the molecule is COc1ccc(/C(=C/C(=O)O)C(C)C)cc1F. The number of aliphatic carboxylic acids is 1. The summed E-state index contributed by atoms with van der Waals surface area (Å²) in [4.78, 5) is 10.7.